The molecule has 1 amide bonds. The van der Waals surface area contributed by atoms with E-state index in [9.17, 15) is 14.4 Å². The first-order valence-corrected chi connectivity index (χ1v) is 6.56. The van der Waals surface area contributed by atoms with E-state index in [1.54, 1.807) is 43.4 Å². The Morgan fingerprint density at radius 1 is 1.24 bits per heavy atom. The van der Waals surface area contributed by atoms with Gasteiger partial charge in [0, 0.05) is 13.6 Å². The van der Waals surface area contributed by atoms with Crippen LogP contribution in [-0.4, -0.2) is 17.9 Å². The molecule has 1 unspecified atom stereocenters. The van der Waals surface area contributed by atoms with Gasteiger partial charge in [0.2, 0.25) is 5.91 Å². The molecular weight excluding hydrogens is 267 g/mol. The van der Waals surface area contributed by atoms with Gasteiger partial charge >= 0.3 is 0 Å². The smallest absolute Gasteiger partial charge is 0.244 e. The number of benzene rings is 2. The molecule has 0 spiro atoms. The molecule has 1 atom stereocenters. The van der Waals surface area contributed by atoms with Crippen molar-refractivity contribution in [1.82, 2.24) is 4.90 Å². The van der Waals surface area contributed by atoms with Gasteiger partial charge in [0.25, 0.3) is 0 Å². The first-order chi connectivity index (χ1) is 10.1. The summed E-state index contributed by atoms with van der Waals surface area (Å²) in [7, 11) is 1.61. The lowest BCUT2D eigenvalue weighted by Gasteiger charge is -2.20. The Labute approximate surface area is 123 Å². The van der Waals surface area contributed by atoms with Gasteiger partial charge in [-0.2, -0.15) is 5.26 Å². The van der Waals surface area contributed by atoms with Crippen LogP contribution in [0.5, 0.6) is 0 Å². The van der Waals surface area contributed by atoms with Crippen LogP contribution in [-0.2, 0) is 11.3 Å². The summed E-state index contributed by atoms with van der Waals surface area (Å²) in [5.74, 6) is -1.48. The molecule has 2 rings (SSSR count). The van der Waals surface area contributed by atoms with Crippen molar-refractivity contribution in [3.05, 3.63) is 71.5 Å². The van der Waals surface area contributed by atoms with Crippen LogP contribution in [0.4, 0.5) is 4.39 Å². The number of hydrogen-bond donors (Lipinski definition) is 0. The third-order valence-electron chi connectivity index (χ3n) is 3.19. The van der Waals surface area contributed by atoms with Gasteiger partial charge in [-0.05, 0) is 23.3 Å². The monoisotopic (exact) mass is 282 g/mol. The van der Waals surface area contributed by atoms with Gasteiger partial charge in [-0.25, -0.2) is 4.39 Å². The van der Waals surface area contributed by atoms with E-state index < -0.39 is 5.92 Å². The molecule has 0 bridgehead atoms. The second-order valence-electron chi connectivity index (χ2n) is 4.80. The number of halogens is 1. The molecule has 3 nitrogen and oxygen atoms in total. The highest BCUT2D eigenvalue weighted by atomic mass is 19.1. The molecule has 0 saturated carbocycles. The SMILES string of the molecule is CN(Cc1cccc(F)c1)C(=O)C(C#N)c1ccccc1. The normalized spacial score (nSPS) is 11.5. The summed E-state index contributed by atoms with van der Waals surface area (Å²) in [6.45, 7) is 0.265. The van der Waals surface area contributed by atoms with Gasteiger partial charge < -0.3 is 4.90 Å². The van der Waals surface area contributed by atoms with Crippen molar-refractivity contribution in [1.29, 1.82) is 5.26 Å². The molecule has 21 heavy (non-hydrogen) atoms. The highest BCUT2D eigenvalue weighted by molar-refractivity contribution is 5.86. The number of rotatable bonds is 4. The van der Waals surface area contributed by atoms with E-state index in [0.717, 1.165) is 0 Å². The minimum Gasteiger partial charge on any atom is -0.340 e. The van der Waals surface area contributed by atoms with E-state index in [1.807, 2.05) is 12.1 Å². The summed E-state index contributed by atoms with van der Waals surface area (Å²) >= 11 is 0. The van der Waals surface area contributed by atoms with Crippen LogP contribution < -0.4 is 0 Å². The first kappa shape index (κ1) is 14.7. The average molecular weight is 282 g/mol. The molecule has 0 aromatic heterocycles. The Hall–Kier alpha value is -2.67. The number of hydrogen-bond acceptors (Lipinski definition) is 2. The zero-order valence-electron chi connectivity index (χ0n) is 11.7. The zero-order chi connectivity index (χ0) is 15.2. The predicted molar refractivity (Wildman–Crippen MR) is 77.7 cm³/mol. The van der Waals surface area contributed by atoms with Crippen molar-refractivity contribution >= 4 is 5.91 Å². The molecule has 0 aliphatic heterocycles. The highest BCUT2D eigenvalue weighted by Gasteiger charge is 2.23. The molecular formula is C17H15FN2O. The maximum Gasteiger partial charge on any atom is 0.244 e. The fourth-order valence-corrected chi connectivity index (χ4v) is 2.13. The highest BCUT2D eigenvalue weighted by Crippen LogP contribution is 2.18. The summed E-state index contributed by atoms with van der Waals surface area (Å²) in [4.78, 5) is 13.8. The van der Waals surface area contributed by atoms with E-state index in [4.69, 9.17) is 0 Å². The molecule has 0 fully saturated rings. The molecule has 0 saturated heterocycles. The Morgan fingerprint density at radius 3 is 2.57 bits per heavy atom. The van der Waals surface area contributed by atoms with Crippen molar-refractivity contribution in [3.63, 3.8) is 0 Å². The van der Waals surface area contributed by atoms with Crippen LogP contribution in [0.25, 0.3) is 0 Å². The Kier molecular flexibility index (Phi) is 4.68. The molecule has 4 heteroatoms. The molecule has 2 aromatic carbocycles. The van der Waals surface area contributed by atoms with Gasteiger partial charge in [0.1, 0.15) is 11.7 Å². The topological polar surface area (TPSA) is 44.1 Å². The number of carbonyl (C=O) groups is 1. The quantitative estimate of drug-likeness (QED) is 0.865. The molecule has 106 valence electrons. The number of amides is 1. The van der Waals surface area contributed by atoms with Crippen molar-refractivity contribution in [3.8, 4) is 6.07 Å². The average Bonchev–Trinajstić information content (AvgIpc) is 2.49. The number of carbonyl (C=O) groups excluding carboxylic acids is 1. The predicted octanol–water partition coefficient (Wildman–Crippen LogP) is 3.09. The maximum absolute atomic E-state index is 13.2. The molecule has 0 heterocycles. The lowest BCUT2D eigenvalue weighted by molar-refractivity contribution is -0.130. The Morgan fingerprint density at radius 2 is 1.95 bits per heavy atom. The van der Waals surface area contributed by atoms with E-state index >= 15 is 0 Å². The summed E-state index contributed by atoms with van der Waals surface area (Å²) in [5, 5.41) is 9.25. The van der Waals surface area contributed by atoms with Crippen LogP contribution in [0.3, 0.4) is 0 Å². The van der Waals surface area contributed by atoms with Crippen LogP contribution in [0.2, 0.25) is 0 Å². The minimum atomic E-state index is -0.843. The standard InChI is InChI=1S/C17H15FN2O/c1-20(12-13-6-5-9-15(18)10-13)17(21)16(11-19)14-7-3-2-4-8-14/h2-10,16H,12H2,1H3. The summed E-state index contributed by atoms with van der Waals surface area (Å²) in [5.41, 5.74) is 1.35. The van der Waals surface area contributed by atoms with Gasteiger partial charge in [0.15, 0.2) is 0 Å². The fraction of sp³-hybridized carbons (Fsp3) is 0.176. The van der Waals surface area contributed by atoms with Gasteiger partial charge in [-0.3, -0.25) is 4.79 Å². The Balaban J connectivity index is 2.13. The van der Waals surface area contributed by atoms with E-state index in [0.29, 0.717) is 11.1 Å². The first-order valence-electron chi connectivity index (χ1n) is 6.56. The van der Waals surface area contributed by atoms with Gasteiger partial charge in [0.05, 0.1) is 6.07 Å². The summed E-state index contributed by atoms with van der Waals surface area (Å²) in [6, 6.07) is 17.0. The number of likely N-dealkylation sites (N-methyl/N-ethyl adjacent to an activating group) is 1. The molecule has 0 aliphatic rings. The van der Waals surface area contributed by atoms with E-state index in [-0.39, 0.29) is 18.3 Å². The molecule has 0 aliphatic carbocycles. The lowest BCUT2D eigenvalue weighted by Crippen LogP contribution is -2.30. The van der Waals surface area contributed by atoms with Crippen LogP contribution in [0, 0.1) is 17.1 Å². The van der Waals surface area contributed by atoms with Crippen molar-refractivity contribution in [2.75, 3.05) is 7.05 Å². The third-order valence-corrected chi connectivity index (χ3v) is 3.19. The van der Waals surface area contributed by atoms with Gasteiger partial charge in [-0.1, -0.05) is 42.5 Å². The Bertz CT molecular complexity index is 664. The van der Waals surface area contributed by atoms with Crippen LogP contribution in [0.15, 0.2) is 54.6 Å². The number of nitrogens with zero attached hydrogens (tertiary/aromatic N) is 2. The third kappa shape index (κ3) is 3.67. The van der Waals surface area contributed by atoms with Crippen LogP contribution in [0.1, 0.15) is 17.0 Å². The van der Waals surface area contributed by atoms with Crippen molar-refractivity contribution in [2.24, 2.45) is 0 Å². The summed E-state index contributed by atoms with van der Waals surface area (Å²) < 4.78 is 13.2. The number of nitriles is 1. The molecule has 2 aromatic rings. The van der Waals surface area contributed by atoms with Gasteiger partial charge in [-0.15, -0.1) is 0 Å². The lowest BCUT2D eigenvalue weighted by atomic mass is 9.99. The minimum absolute atomic E-state index is 0.265. The zero-order valence-corrected chi connectivity index (χ0v) is 11.7. The maximum atomic E-state index is 13.2. The van der Waals surface area contributed by atoms with Crippen molar-refractivity contribution < 1.29 is 9.18 Å². The second kappa shape index (κ2) is 6.67. The van der Waals surface area contributed by atoms with E-state index in [1.165, 1.54) is 17.0 Å². The van der Waals surface area contributed by atoms with Crippen molar-refractivity contribution in [2.45, 2.75) is 12.5 Å². The molecule has 0 radical (unpaired) electrons. The molecule has 0 N–H and O–H groups in total. The van der Waals surface area contributed by atoms with E-state index in [2.05, 4.69) is 0 Å². The summed E-state index contributed by atoms with van der Waals surface area (Å²) in [6.07, 6.45) is 0. The second-order valence-corrected chi connectivity index (χ2v) is 4.80. The van der Waals surface area contributed by atoms with Crippen LogP contribution >= 0.6 is 0 Å². The fourth-order valence-electron chi connectivity index (χ4n) is 2.13. The largest absolute Gasteiger partial charge is 0.340 e.